The Labute approximate surface area is 221 Å². The van der Waals surface area contributed by atoms with Crippen molar-refractivity contribution in [3.05, 3.63) is 89.5 Å². The quantitative estimate of drug-likeness (QED) is 0.354. The van der Waals surface area contributed by atoms with Crippen molar-refractivity contribution in [2.45, 2.75) is 56.1 Å². The minimum absolute atomic E-state index is 0.0228. The zero-order valence-electron chi connectivity index (χ0n) is 21.3. The molecule has 1 N–H and O–H groups in total. The molecule has 0 saturated carbocycles. The van der Waals surface area contributed by atoms with Gasteiger partial charge in [-0.15, -0.1) is 0 Å². The van der Waals surface area contributed by atoms with Gasteiger partial charge in [0.1, 0.15) is 0 Å². The first-order chi connectivity index (χ1) is 18.0. The van der Waals surface area contributed by atoms with Crippen LogP contribution in [-0.4, -0.2) is 32.7 Å². The van der Waals surface area contributed by atoms with E-state index in [4.69, 9.17) is 0 Å². The van der Waals surface area contributed by atoms with Crippen molar-refractivity contribution in [1.82, 2.24) is 0 Å². The Morgan fingerprint density at radius 1 is 0.947 bits per heavy atom. The molecule has 1 fully saturated rings. The van der Waals surface area contributed by atoms with Crippen LogP contribution in [0.4, 0.5) is 24.5 Å². The second kappa shape index (κ2) is 11.2. The maximum absolute atomic E-state index is 12.9. The van der Waals surface area contributed by atoms with Gasteiger partial charge in [-0.2, -0.15) is 13.2 Å². The average Bonchev–Trinajstić information content (AvgIpc) is 3.33. The maximum atomic E-state index is 12.9. The molecule has 0 aliphatic carbocycles. The lowest BCUT2D eigenvalue weighted by atomic mass is 9.95. The fourth-order valence-corrected chi connectivity index (χ4v) is 5.80. The number of sulfone groups is 1. The van der Waals surface area contributed by atoms with Crippen molar-refractivity contribution in [2.75, 3.05) is 22.5 Å². The predicted octanol–water partition coefficient (Wildman–Crippen LogP) is 6.45. The fraction of sp³-hybridized carbons (Fsp3) is 0.345. The first kappa shape index (κ1) is 27.7. The molecular weight excluding hydrogens is 513 g/mol. The van der Waals surface area contributed by atoms with E-state index in [9.17, 15) is 26.4 Å². The molecular formula is C29H31F3N2O3S. The normalized spacial score (nSPS) is 18.0. The standard InChI is InChI=1S/C29H31F3N2O3S/c1-3-25-18-22(21-7-9-23(10-8-21)29(30,31)32)19-34(25)26-13-11-24(12-14-26)33-28(35)17-20-5-15-27(16-6-20)38(36,37)4-2/h5-16,22,25H,3-4,17-19H2,1-2H3,(H,33,35). The van der Waals surface area contributed by atoms with Gasteiger partial charge in [-0.1, -0.05) is 38.1 Å². The fourth-order valence-electron chi connectivity index (χ4n) is 4.91. The van der Waals surface area contributed by atoms with Gasteiger partial charge >= 0.3 is 6.18 Å². The van der Waals surface area contributed by atoms with Crippen LogP contribution in [0.1, 0.15) is 49.3 Å². The van der Waals surface area contributed by atoms with Gasteiger partial charge < -0.3 is 10.2 Å². The van der Waals surface area contributed by atoms with Gasteiger partial charge in [0.05, 0.1) is 22.6 Å². The number of carbonyl (C=O) groups excluding carboxylic acids is 1. The Bertz CT molecular complexity index is 1350. The Balaban J connectivity index is 1.38. The van der Waals surface area contributed by atoms with Crippen LogP contribution in [0, 0.1) is 0 Å². The Kier molecular flexibility index (Phi) is 8.16. The summed E-state index contributed by atoms with van der Waals surface area (Å²) in [6.07, 6.45) is -2.45. The number of halogens is 3. The number of benzene rings is 3. The summed E-state index contributed by atoms with van der Waals surface area (Å²) in [6, 6.07) is 19.6. The molecule has 3 aromatic carbocycles. The molecule has 0 aromatic heterocycles. The second-order valence-electron chi connectivity index (χ2n) is 9.59. The molecule has 0 spiro atoms. The molecule has 202 valence electrons. The van der Waals surface area contributed by atoms with E-state index in [0.29, 0.717) is 17.8 Å². The number of nitrogens with one attached hydrogen (secondary N) is 1. The summed E-state index contributed by atoms with van der Waals surface area (Å²) in [4.78, 5) is 15.1. The van der Waals surface area contributed by atoms with Crippen LogP contribution >= 0.6 is 0 Å². The van der Waals surface area contributed by atoms with E-state index in [2.05, 4.69) is 17.1 Å². The highest BCUT2D eigenvalue weighted by Gasteiger charge is 2.34. The molecule has 0 bridgehead atoms. The lowest BCUT2D eigenvalue weighted by molar-refractivity contribution is -0.137. The number of nitrogens with zero attached hydrogens (tertiary/aromatic N) is 1. The Morgan fingerprint density at radius 2 is 1.58 bits per heavy atom. The van der Waals surface area contributed by atoms with Crippen molar-refractivity contribution in [1.29, 1.82) is 0 Å². The number of hydrogen-bond donors (Lipinski definition) is 1. The van der Waals surface area contributed by atoms with E-state index < -0.39 is 21.6 Å². The summed E-state index contributed by atoms with van der Waals surface area (Å²) >= 11 is 0. The first-order valence-corrected chi connectivity index (χ1v) is 14.3. The first-order valence-electron chi connectivity index (χ1n) is 12.7. The molecule has 9 heteroatoms. The average molecular weight is 545 g/mol. The predicted molar refractivity (Wildman–Crippen MR) is 143 cm³/mol. The summed E-state index contributed by atoms with van der Waals surface area (Å²) in [5.74, 6) is -0.0475. The highest BCUT2D eigenvalue weighted by Crippen LogP contribution is 2.38. The molecule has 1 heterocycles. The third-order valence-corrected chi connectivity index (χ3v) is 8.86. The van der Waals surface area contributed by atoms with Gasteiger partial charge in [0.25, 0.3) is 0 Å². The van der Waals surface area contributed by atoms with Crippen molar-refractivity contribution in [3.63, 3.8) is 0 Å². The van der Waals surface area contributed by atoms with E-state index in [1.54, 1.807) is 31.2 Å². The third kappa shape index (κ3) is 6.38. The molecule has 1 amide bonds. The van der Waals surface area contributed by atoms with Crippen LogP contribution in [0.5, 0.6) is 0 Å². The number of rotatable bonds is 8. The molecule has 5 nitrogen and oxygen atoms in total. The van der Waals surface area contributed by atoms with Crippen molar-refractivity contribution in [2.24, 2.45) is 0 Å². The molecule has 2 unspecified atom stereocenters. The number of amides is 1. The zero-order valence-corrected chi connectivity index (χ0v) is 22.1. The van der Waals surface area contributed by atoms with Crippen LogP contribution in [-0.2, 0) is 27.2 Å². The van der Waals surface area contributed by atoms with Crippen molar-refractivity contribution >= 4 is 27.1 Å². The van der Waals surface area contributed by atoms with Crippen molar-refractivity contribution in [3.8, 4) is 0 Å². The molecule has 1 aliphatic heterocycles. The lowest BCUT2D eigenvalue weighted by Crippen LogP contribution is -2.28. The number of hydrogen-bond acceptors (Lipinski definition) is 4. The molecule has 1 saturated heterocycles. The number of carbonyl (C=O) groups is 1. The van der Waals surface area contributed by atoms with Crippen molar-refractivity contribution < 1.29 is 26.4 Å². The van der Waals surface area contributed by atoms with Crippen LogP contribution in [0.15, 0.2) is 77.7 Å². The minimum atomic E-state index is -4.34. The summed E-state index contributed by atoms with van der Waals surface area (Å²) in [5.41, 5.74) is 2.63. The van der Waals surface area contributed by atoms with E-state index >= 15 is 0 Å². The Morgan fingerprint density at radius 3 is 2.13 bits per heavy atom. The molecule has 38 heavy (non-hydrogen) atoms. The largest absolute Gasteiger partial charge is 0.416 e. The van der Waals surface area contributed by atoms with Gasteiger partial charge in [0.15, 0.2) is 9.84 Å². The summed E-state index contributed by atoms with van der Waals surface area (Å²) in [5, 5.41) is 2.87. The van der Waals surface area contributed by atoms with Crippen LogP contribution < -0.4 is 10.2 Å². The summed E-state index contributed by atoms with van der Waals surface area (Å²) < 4.78 is 62.7. The van der Waals surface area contributed by atoms with E-state index in [1.165, 1.54) is 12.1 Å². The minimum Gasteiger partial charge on any atom is -0.368 e. The molecule has 3 aromatic rings. The topological polar surface area (TPSA) is 66.5 Å². The molecule has 1 aliphatic rings. The van der Waals surface area contributed by atoms with Gasteiger partial charge in [0, 0.05) is 29.9 Å². The zero-order chi connectivity index (χ0) is 27.5. The second-order valence-corrected chi connectivity index (χ2v) is 11.9. The Hall–Kier alpha value is -3.33. The smallest absolute Gasteiger partial charge is 0.368 e. The lowest BCUT2D eigenvalue weighted by Gasteiger charge is -2.26. The van der Waals surface area contributed by atoms with Gasteiger partial charge in [0.2, 0.25) is 5.91 Å². The van der Waals surface area contributed by atoms with E-state index in [0.717, 1.165) is 36.2 Å². The van der Waals surface area contributed by atoms with Gasteiger partial charge in [-0.05, 0) is 72.5 Å². The summed E-state index contributed by atoms with van der Waals surface area (Å²) in [6.45, 7) is 4.40. The highest BCUT2D eigenvalue weighted by molar-refractivity contribution is 7.91. The number of anilines is 2. The highest BCUT2D eigenvalue weighted by atomic mass is 32.2. The van der Waals surface area contributed by atoms with Gasteiger partial charge in [-0.25, -0.2) is 8.42 Å². The molecule has 2 atom stereocenters. The van der Waals surface area contributed by atoms with E-state index in [1.807, 2.05) is 24.3 Å². The van der Waals surface area contributed by atoms with E-state index in [-0.39, 0.29) is 34.9 Å². The van der Waals surface area contributed by atoms with Crippen LogP contribution in [0.25, 0.3) is 0 Å². The van der Waals surface area contributed by atoms with Crippen LogP contribution in [0.3, 0.4) is 0 Å². The monoisotopic (exact) mass is 544 g/mol. The molecule has 0 radical (unpaired) electrons. The van der Waals surface area contributed by atoms with Crippen LogP contribution in [0.2, 0.25) is 0 Å². The molecule has 4 rings (SSSR count). The SMILES string of the molecule is CCC1CC(c2ccc(C(F)(F)F)cc2)CN1c1ccc(NC(=O)Cc2ccc(S(=O)(=O)CC)cc2)cc1. The summed E-state index contributed by atoms with van der Waals surface area (Å²) in [7, 11) is -3.28. The number of alkyl halides is 3. The van der Waals surface area contributed by atoms with Gasteiger partial charge in [-0.3, -0.25) is 4.79 Å². The maximum Gasteiger partial charge on any atom is 0.416 e. The third-order valence-electron chi connectivity index (χ3n) is 7.11.